The number of ether oxygens (including phenoxy) is 1. The molecule has 2 aromatic rings. The Morgan fingerprint density at radius 1 is 1.27 bits per heavy atom. The van der Waals surface area contributed by atoms with Crippen molar-refractivity contribution >= 4 is 11.6 Å². The number of nitrogens with one attached hydrogen (secondary N) is 1. The molecule has 0 radical (unpaired) electrons. The molecule has 3 aliphatic rings. The second-order valence-corrected chi connectivity index (χ2v) is 7.81. The van der Waals surface area contributed by atoms with Gasteiger partial charge in [-0.25, -0.2) is 14.4 Å². The summed E-state index contributed by atoms with van der Waals surface area (Å²) in [5.74, 6) is 1.32. The van der Waals surface area contributed by atoms with Gasteiger partial charge in [-0.15, -0.1) is 0 Å². The van der Waals surface area contributed by atoms with Crippen molar-refractivity contribution in [3.05, 3.63) is 47.5 Å². The van der Waals surface area contributed by atoms with Crippen LogP contribution in [0.4, 0.5) is 16.0 Å². The van der Waals surface area contributed by atoms with Gasteiger partial charge in [0, 0.05) is 37.1 Å². The minimum Gasteiger partial charge on any atom is -0.376 e. The topological polar surface area (TPSA) is 50.3 Å². The first kappa shape index (κ1) is 16.0. The van der Waals surface area contributed by atoms with Gasteiger partial charge in [-0.05, 0) is 49.4 Å². The summed E-state index contributed by atoms with van der Waals surface area (Å²) >= 11 is 0. The number of hydrogen-bond acceptors (Lipinski definition) is 5. The molecule has 1 unspecified atom stereocenters. The third-order valence-corrected chi connectivity index (χ3v) is 5.79. The first-order chi connectivity index (χ1) is 12.7. The Morgan fingerprint density at radius 2 is 2.12 bits per heavy atom. The predicted octanol–water partition coefficient (Wildman–Crippen LogP) is 3.12. The summed E-state index contributed by atoms with van der Waals surface area (Å²) in [5, 5.41) is 3.39. The van der Waals surface area contributed by atoms with Gasteiger partial charge in [0.2, 0.25) is 5.95 Å². The molecule has 6 heteroatoms. The number of rotatable bonds is 4. The standard InChI is InChI=1S/C20H23FN4O/c21-16-3-5-17(6-4-16)25-8-7-20(12-25)13-26-11-15-10-23-19(24-18(15)20)22-9-14-1-2-14/h3-6,10,14H,1-2,7-9,11-13H2,(H,22,23,24). The first-order valence-corrected chi connectivity index (χ1v) is 9.40. The molecular formula is C20H23FN4O. The van der Waals surface area contributed by atoms with Crippen LogP contribution in [0.2, 0.25) is 0 Å². The maximum Gasteiger partial charge on any atom is 0.222 e. The zero-order chi connectivity index (χ0) is 17.6. The lowest BCUT2D eigenvalue weighted by Crippen LogP contribution is -2.40. The van der Waals surface area contributed by atoms with E-state index in [2.05, 4.69) is 15.2 Å². The summed E-state index contributed by atoms with van der Waals surface area (Å²) < 4.78 is 19.1. The van der Waals surface area contributed by atoms with E-state index in [1.54, 1.807) is 0 Å². The molecule has 0 amide bonds. The molecular weight excluding hydrogens is 331 g/mol. The molecule has 1 spiro atoms. The fourth-order valence-corrected chi connectivity index (χ4v) is 4.09. The van der Waals surface area contributed by atoms with Crippen molar-refractivity contribution in [3.8, 4) is 0 Å². The SMILES string of the molecule is Fc1ccc(N2CCC3(COCc4cnc(NCC5CC5)nc43)C2)cc1. The molecule has 136 valence electrons. The van der Waals surface area contributed by atoms with Gasteiger partial charge >= 0.3 is 0 Å². The lowest BCUT2D eigenvalue weighted by molar-refractivity contribution is 0.0557. The Balaban J connectivity index is 1.41. The highest BCUT2D eigenvalue weighted by Gasteiger charge is 2.45. The van der Waals surface area contributed by atoms with E-state index in [9.17, 15) is 4.39 Å². The van der Waals surface area contributed by atoms with E-state index < -0.39 is 0 Å². The average molecular weight is 354 g/mol. The summed E-state index contributed by atoms with van der Waals surface area (Å²) in [6.07, 6.45) is 5.51. The number of anilines is 2. The average Bonchev–Trinajstić information content (AvgIpc) is 3.41. The van der Waals surface area contributed by atoms with Crippen molar-refractivity contribution < 1.29 is 9.13 Å². The van der Waals surface area contributed by atoms with Gasteiger partial charge in [-0.3, -0.25) is 0 Å². The Hall–Kier alpha value is -2.21. The second kappa shape index (κ2) is 6.20. The molecule has 1 saturated heterocycles. The van der Waals surface area contributed by atoms with Gasteiger partial charge in [0.05, 0.1) is 24.3 Å². The molecule has 2 fully saturated rings. The van der Waals surface area contributed by atoms with Crippen molar-refractivity contribution in [1.82, 2.24) is 9.97 Å². The fourth-order valence-electron chi connectivity index (χ4n) is 4.09. The quantitative estimate of drug-likeness (QED) is 0.914. The summed E-state index contributed by atoms with van der Waals surface area (Å²) in [6, 6.07) is 6.74. The molecule has 1 atom stereocenters. The van der Waals surface area contributed by atoms with Crippen LogP contribution in [0.3, 0.4) is 0 Å². The molecule has 3 heterocycles. The van der Waals surface area contributed by atoms with E-state index in [-0.39, 0.29) is 11.2 Å². The lowest BCUT2D eigenvalue weighted by Gasteiger charge is -2.34. The number of benzene rings is 1. The second-order valence-electron chi connectivity index (χ2n) is 7.81. The van der Waals surface area contributed by atoms with Crippen LogP contribution in [0, 0.1) is 11.7 Å². The maximum absolute atomic E-state index is 13.2. The Kier molecular flexibility index (Phi) is 3.81. The number of hydrogen-bond donors (Lipinski definition) is 1. The number of halogens is 1. The summed E-state index contributed by atoms with van der Waals surface area (Å²) in [4.78, 5) is 11.7. The molecule has 1 aliphatic carbocycles. The fraction of sp³-hybridized carbons (Fsp3) is 0.500. The van der Waals surface area contributed by atoms with Crippen LogP contribution < -0.4 is 10.2 Å². The van der Waals surface area contributed by atoms with Crippen molar-refractivity contribution in [1.29, 1.82) is 0 Å². The molecule has 5 rings (SSSR count). The normalized spacial score (nSPS) is 24.7. The highest BCUT2D eigenvalue weighted by Crippen LogP contribution is 2.40. The molecule has 5 nitrogen and oxygen atoms in total. The highest BCUT2D eigenvalue weighted by molar-refractivity contribution is 5.50. The van der Waals surface area contributed by atoms with Gasteiger partial charge in [-0.1, -0.05) is 0 Å². The van der Waals surface area contributed by atoms with Crippen LogP contribution in [-0.4, -0.2) is 36.2 Å². The Morgan fingerprint density at radius 3 is 2.92 bits per heavy atom. The smallest absolute Gasteiger partial charge is 0.222 e. The summed E-state index contributed by atoms with van der Waals surface area (Å²) in [6.45, 7) is 3.98. The van der Waals surface area contributed by atoms with E-state index in [1.165, 1.54) is 25.0 Å². The third-order valence-electron chi connectivity index (χ3n) is 5.79. The number of aromatic nitrogens is 2. The van der Waals surface area contributed by atoms with Crippen molar-refractivity contribution in [3.63, 3.8) is 0 Å². The van der Waals surface area contributed by atoms with E-state index in [1.807, 2.05) is 18.3 Å². The Labute approximate surface area is 152 Å². The van der Waals surface area contributed by atoms with Crippen LogP contribution >= 0.6 is 0 Å². The number of nitrogens with zero attached hydrogens (tertiary/aromatic N) is 3. The van der Waals surface area contributed by atoms with Crippen molar-refractivity contribution in [2.24, 2.45) is 5.92 Å². The minimum absolute atomic E-state index is 0.110. The molecule has 1 saturated carbocycles. The van der Waals surface area contributed by atoms with Crippen LogP contribution in [0.5, 0.6) is 0 Å². The van der Waals surface area contributed by atoms with Crippen molar-refractivity contribution in [2.75, 3.05) is 36.5 Å². The van der Waals surface area contributed by atoms with Crippen LogP contribution in [0.15, 0.2) is 30.5 Å². The molecule has 2 aliphatic heterocycles. The summed E-state index contributed by atoms with van der Waals surface area (Å²) in [5.41, 5.74) is 3.16. The zero-order valence-electron chi connectivity index (χ0n) is 14.7. The molecule has 26 heavy (non-hydrogen) atoms. The lowest BCUT2D eigenvalue weighted by atomic mass is 9.80. The van der Waals surface area contributed by atoms with Crippen LogP contribution in [-0.2, 0) is 16.8 Å². The summed E-state index contributed by atoms with van der Waals surface area (Å²) in [7, 11) is 0. The molecule has 1 aromatic carbocycles. The maximum atomic E-state index is 13.2. The van der Waals surface area contributed by atoms with Gasteiger partial charge in [0.25, 0.3) is 0 Å². The van der Waals surface area contributed by atoms with Gasteiger partial charge in [-0.2, -0.15) is 0 Å². The third kappa shape index (κ3) is 2.92. The molecule has 1 aromatic heterocycles. The van der Waals surface area contributed by atoms with Gasteiger partial charge in [0.1, 0.15) is 5.82 Å². The van der Waals surface area contributed by atoms with E-state index in [0.29, 0.717) is 13.2 Å². The van der Waals surface area contributed by atoms with E-state index in [4.69, 9.17) is 9.72 Å². The van der Waals surface area contributed by atoms with E-state index in [0.717, 1.165) is 54.9 Å². The van der Waals surface area contributed by atoms with Gasteiger partial charge < -0.3 is 15.0 Å². The van der Waals surface area contributed by atoms with Gasteiger partial charge in [0.15, 0.2) is 0 Å². The first-order valence-electron chi connectivity index (χ1n) is 9.40. The predicted molar refractivity (Wildman–Crippen MR) is 97.8 cm³/mol. The highest BCUT2D eigenvalue weighted by atomic mass is 19.1. The van der Waals surface area contributed by atoms with Crippen LogP contribution in [0.1, 0.15) is 30.5 Å². The largest absolute Gasteiger partial charge is 0.376 e. The monoisotopic (exact) mass is 354 g/mol. The molecule has 1 N–H and O–H groups in total. The zero-order valence-corrected chi connectivity index (χ0v) is 14.7. The van der Waals surface area contributed by atoms with E-state index >= 15 is 0 Å². The minimum atomic E-state index is -0.201. The molecule has 0 bridgehead atoms. The Bertz CT molecular complexity index is 808. The van der Waals surface area contributed by atoms with Crippen LogP contribution in [0.25, 0.3) is 0 Å². The van der Waals surface area contributed by atoms with Crippen molar-refractivity contribution in [2.45, 2.75) is 31.3 Å². The number of fused-ring (bicyclic) bond motifs is 2.